The number of fused-ring (bicyclic) bond motifs is 2. The Bertz CT molecular complexity index is 824. The summed E-state index contributed by atoms with van der Waals surface area (Å²) in [7, 11) is -4.17. The van der Waals surface area contributed by atoms with Crippen molar-refractivity contribution in [2.75, 3.05) is 17.2 Å². The predicted molar refractivity (Wildman–Crippen MR) is 92.6 cm³/mol. The van der Waals surface area contributed by atoms with Gasteiger partial charge in [-0.3, -0.25) is 0 Å². The van der Waals surface area contributed by atoms with E-state index in [1.165, 1.54) is 5.56 Å². The van der Waals surface area contributed by atoms with Crippen molar-refractivity contribution in [3.8, 4) is 0 Å². The Balaban J connectivity index is 0.00000208. The van der Waals surface area contributed by atoms with Crippen molar-refractivity contribution in [1.82, 2.24) is 0 Å². The van der Waals surface area contributed by atoms with Gasteiger partial charge in [-0.2, -0.15) is 0 Å². The Morgan fingerprint density at radius 1 is 1.08 bits per heavy atom. The summed E-state index contributed by atoms with van der Waals surface area (Å²) >= 11 is 1.72. The summed E-state index contributed by atoms with van der Waals surface area (Å²) in [5.41, 5.74) is 3.41. The minimum absolute atomic E-state index is 0. The number of para-hydroxylation sites is 1. The number of aryl methyl sites for hydroxylation is 1. The van der Waals surface area contributed by atoms with Crippen molar-refractivity contribution in [2.24, 2.45) is 0 Å². The molecule has 0 amide bonds. The van der Waals surface area contributed by atoms with E-state index in [9.17, 15) is 13.0 Å². The molecule has 0 aromatic heterocycles. The van der Waals surface area contributed by atoms with Crippen molar-refractivity contribution in [1.29, 1.82) is 0 Å². The van der Waals surface area contributed by atoms with Crippen molar-refractivity contribution in [3.63, 3.8) is 0 Å². The molecule has 0 bridgehead atoms. The average molecular weight is 371 g/mol. The Hall–Kier alpha value is -0.500. The molecule has 1 aliphatic heterocycles. The van der Waals surface area contributed by atoms with E-state index < -0.39 is 10.1 Å². The minimum Gasteiger partial charge on any atom is -0.748 e. The van der Waals surface area contributed by atoms with E-state index in [-0.39, 0.29) is 35.3 Å². The van der Waals surface area contributed by atoms with Crippen LogP contribution in [0.15, 0.2) is 52.3 Å². The molecule has 122 valence electrons. The third kappa shape index (κ3) is 4.56. The normalized spacial score (nSPS) is 13.0. The number of hydrogen-bond acceptors (Lipinski definition) is 5. The van der Waals surface area contributed by atoms with Crippen LogP contribution in [0.3, 0.4) is 0 Å². The maximum Gasteiger partial charge on any atom is 1.00 e. The fourth-order valence-electron chi connectivity index (χ4n) is 2.74. The number of benzene rings is 2. The SMILES string of the molecule is CCc1ccc2c(c1)N(CCCS(=O)(=O)[O-])c1ccccc1S2.[Na+]. The molecule has 3 rings (SSSR count). The zero-order chi connectivity index (χ0) is 16.4. The van der Waals surface area contributed by atoms with Gasteiger partial charge in [0.05, 0.1) is 21.5 Å². The van der Waals surface area contributed by atoms with Crippen molar-refractivity contribution in [3.05, 3.63) is 48.0 Å². The summed E-state index contributed by atoms with van der Waals surface area (Å²) in [5.74, 6) is -0.332. The quantitative estimate of drug-likeness (QED) is 0.575. The van der Waals surface area contributed by atoms with Gasteiger partial charge in [0, 0.05) is 22.1 Å². The van der Waals surface area contributed by atoms with Crippen molar-refractivity contribution >= 4 is 33.3 Å². The van der Waals surface area contributed by atoms with Gasteiger partial charge in [-0.05, 0) is 42.7 Å². The summed E-state index contributed by atoms with van der Waals surface area (Å²) in [5, 5.41) is 0. The van der Waals surface area contributed by atoms with Crippen LogP contribution in [-0.4, -0.2) is 25.3 Å². The van der Waals surface area contributed by atoms with E-state index in [1.54, 1.807) is 11.8 Å². The molecule has 4 nitrogen and oxygen atoms in total. The molecule has 0 spiro atoms. The predicted octanol–water partition coefficient (Wildman–Crippen LogP) is 0.791. The van der Waals surface area contributed by atoms with E-state index in [4.69, 9.17) is 0 Å². The molecular weight excluding hydrogens is 353 g/mol. The molecule has 24 heavy (non-hydrogen) atoms. The van der Waals surface area contributed by atoms with Crippen LogP contribution in [0.5, 0.6) is 0 Å². The molecule has 0 aliphatic carbocycles. The molecule has 0 N–H and O–H groups in total. The Morgan fingerprint density at radius 2 is 1.79 bits per heavy atom. The first-order chi connectivity index (χ1) is 11.0. The summed E-state index contributed by atoms with van der Waals surface area (Å²) in [6.45, 7) is 2.62. The number of rotatable bonds is 5. The maximum absolute atomic E-state index is 10.9. The van der Waals surface area contributed by atoms with Crippen LogP contribution in [-0.2, 0) is 16.5 Å². The van der Waals surface area contributed by atoms with Gasteiger partial charge >= 0.3 is 29.6 Å². The standard InChI is InChI=1S/C17H19NO3S2.Na/c1-2-13-8-9-17-15(12-13)18(10-5-11-23(19,20)21)14-6-3-4-7-16(14)22-17;/h3-4,6-9,12H,2,5,10-11H2,1H3,(H,19,20,21);/q;+1/p-1. The van der Waals surface area contributed by atoms with Gasteiger partial charge in [0.1, 0.15) is 0 Å². The van der Waals surface area contributed by atoms with E-state index in [0.717, 1.165) is 27.6 Å². The fraction of sp³-hybridized carbons (Fsp3) is 0.294. The molecule has 2 aromatic carbocycles. The molecular formula is C17H18NNaO3S2. The van der Waals surface area contributed by atoms with E-state index >= 15 is 0 Å². The first-order valence-electron chi connectivity index (χ1n) is 7.59. The second-order valence-corrected chi connectivity index (χ2v) is 8.10. The fourth-order valence-corrected chi connectivity index (χ4v) is 4.29. The van der Waals surface area contributed by atoms with Crippen LogP contribution in [0.25, 0.3) is 0 Å². The molecule has 7 heteroatoms. The molecule has 0 radical (unpaired) electrons. The third-order valence-electron chi connectivity index (χ3n) is 3.87. The van der Waals surface area contributed by atoms with E-state index in [2.05, 4.69) is 36.1 Å². The molecule has 0 atom stereocenters. The maximum atomic E-state index is 10.9. The number of anilines is 2. The second-order valence-electron chi connectivity index (χ2n) is 5.49. The van der Waals surface area contributed by atoms with Gasteiger partial charge < -0.3 is 9.45 Å². The Morgan fingerprint density at radius 3 is 2.50 bits per heavy atom. The zero-order valence-electron chi connectivity index (χ0n) is 13.9. The average Bonchev–Trinajstić information content (AvgIpc) is 2.52. The van der Waals surface area contributed by atoms with Crippen LogP contribution in [0.1, 0.15) is 18.9 Å². The first-order valence-corrected chi connectivity index (χ1v) is 9.98. The first kappa shape index (κ1) is 19.8. The summed E-state index contributed by atoms with van der Waals surface area (Å²) in [6.07, 6.45) is 1.27. The van der Waals surface area contributed by atoms with Gasteiger partial charge in [0.15, 0.2) is 0 Å². The van der Waals surface area contributed by atoms with Gasteiger partial charge in [-0.1, -0.05) is 36.9 Å². The number of nitrogens with zero attached hydrogens (tertiary/aromatic N) is 1. The van der Waals surface area contributed by atoms with Crippen LogP contribution in [0.2, 0.25) is 0 Å². The molecule has 1 heterocycles. The van der Waals surface area contributed by atoms with Crippen LogP contribution >= 0.6 is 11.8 Å². The molecule has 0 unspecified atom stereocenters. The number of hydrogen-bond donors (Lipinski definition) is 0. The Kier molecular flexibility index (Phi) is 6.82. The third-order valence-corrected chi connectivity index (χ3v) is 5.79. The van der Waals surface area contributed by atoms with Gasteiger partial charge in [0.25, 0.3) is 0 Å². The van der Waals surface area contributed by atoms with Gasteiger partial charge in [-0.25, -0.2) is 8.42 Å². The largest absolute Gasteiger partial charge is 1.00 e. The van der Waals surface area contributed by atoms with E-state index in [1.807, 2.05) is 18.2 Å². The minimum atomic E-state index is -4.17. The summed E-state index contributed by atoms with van der Waals surface area (Å²) in [6, 6.07) is 14.5. The molecule has 0 fully saturated rings. The topological polar surface area (TPSA) is 60.4 Å². The van der Waals surface area contributed by atoms with Gasteiger partial charge in [-0.15, -0.1) is 0 Å². The summed E-state index contributed by atoms with van der Waals surface area (Å²) < 4.78 is 32.7. The summed E-state index contributed by atoms with van der Waals surface area (Å²) in [4.78, 5) is 4.44. The molecule has 2 aromatic rings. The van der Waals surface area contributed by atoms with Crippen LogP contribution in [0.4, 0.5) is 11.4 Å². The smallest absolute Gasteiger partial charge is 0.748 e. The zero-order valence-corrected chi connectivity index (χ0v) is 17.5. The molecule has 0 saturated carbocycles. The van der Waals surface area contributed by atoms with Crippen LogP contribution in [0, 0.1) is 0 Å². The van der Waals surface area contributed by atoms with Crippen molar-refractivity contribution < 1.29 is 42.5 Å². The second kappa shape index (κ2) is 8.25. The molecule has 1 aliphatic rings. The monoisotopic (exact) mass is 371 g/mol. The van der Waals surface area contributed by atoms with Crippen LogP contribution < -0.4 is 34.5 Å². The van der Waals surface area contributed by atoms with E-state index in [0.29, 0.717) is 13.0 Å². The Labute approximate surface area is 169 Å². The molecule has 0 saturated heterocycles. The van der Waals surface area contributed by atoms with Gasteiger partial charge in [0.2, 0.25) is 0 Å². The van der Waals surface area contributed by atoms with Crippen molar-refractivity contribution in [2.45, 2.75) is 29.6 Å².